The highest BCUT2D eigenvalue weighted by atomic mass is 32.3. The van der Waals surface area contributed by atoms with E-state index in [1.807, 2.05) is 0 Å². The first kappa shape index (κ1) is 46.5. The Morgan fingerprint density at radius 2 is 1.41 bits per heavy atom. The van der Waals surface area contributed by atoms with Crippen molar-refractivity contribution >= 4 is 104 Å². The molecule has 0 aliphatic carbocycles. The zero-order valence-corrected chi connectivity index (χ0v) is 33.6. The molecule has 0 spiro atoms. The molecule has 0 amide bonds. The average molecular weight is 934 g/mol. The van der Waals surface area contributed by atoms with E-state index < -0.39 is 97.5 Å². The van der Waals surface area contributed by atoms with Gasteiger partial charge in [-0.2, -0.15) is 21.9 Å². The quantitative estimate of drug-likeness (QED) is 0.0122. The fraction of sp³-hybridized carbons (Fsp3) is 0.185. The standard InChI is InChI=1S/C27H27N5O20S6/c1-46-20-6-5-18(55(36,37)9-7-47-54-52-50-35)14-19(20)30-31-25-21(53-51-49-34)11-15-12-22(57(40,41)42)26(24(28)23(15)27(25)33)32-29-16-3-2-4-17(13-16)56(38,39)10-8-48-58(43,44)45/h2-6,11-14,33-35H,7-10,28H2,1H3,(H,40,41,42)(H,43,44,45). The molecule has 0 aromatic heterocycles. The summed E-state index contributed by atoms with van der Waals surface area (Å²) >= 11 is 0.391. The maximum atomic E-state index is 12.9. The number of azo groups is 2. The van der Waals surface area contributed by atoms with E-state index in [1.165, 1.54) is 31.4 Å². The molecule has 25 nitrogen and oxygen atoms in total. The number of rotatable bonds is 21. The lowest BCUT2D eigenvalue weighted by molar-refractivity contribution is -0.434. The van der Waals surface area contributed by atoms with Crippen LogP contribution in [-0.4, -0.2) is 90.2 Å². The van der Waals surface area contributed by atoms with Gasteiger partial charge in [0.25, 0.3) is 10.1 Å². The van der Waals surface area contributed by atoms with Gasteiger partial charge in [-0.1, -0.05) is 16.1 Å². The number of methoxy groups -OCH3 is 1. The molecule has 0 radical (unpaired) electrons. The first-order chi connectivity index (χ1) is 27.2. The molecular formula is C27H27N5O20S6. The van der Waals surface area contributed by atoms with Crippen molar-refractivity contribution < 1.29 is 90.2 Å². The van der Waals surface area contributed by atoms with E-state index in [9.17, 15) is 43.3 Å². The van der Waals surface area contributed by atoms with Crippen molar-refractivity contribution in [1.82, 2.24) is 0 Å². The largest absolute Gasteiger partial charge is 0.505 e. The molecule has 31 heteroatoms. The molecule has 4 aromatic carbocycles. The van der Waals surface area contributed by atoms with Gasteiger partial charge >= 0.3 is 10.4 Å². The molecule has 316 valence electrons. The first-order valence-corrected chi connectivity index (χ1v) is 22.4. The summed E-state index contributed by atoms with van der Waals surface area (Å²) in [5.74, 6) is -2.31. The van der Waals surface area contributed by atoms with Gasteiger partial charge in [-0.05, 0) is 53.9 Å². The number of fused-ring (bicyclic) bond motifs is 1. The van der Waals surface area contributed by atoms with Crippen LogP contribution in [0.5, 0.6) is 11.5 Å². The summed E-state index contributed by atoms with van der Waals surface area (Å²) in [6, 6.07) is 9.94. The van der Waals surface area contributed by atoms with Gasteiger partial charge in [0, 0.05) is 0 Å². The van der Waals surface area contributed by atoms with Gasteiger partial charge in [-0.3, -0.25) is 13.3 Å². The highest BCUT2D eigenvalue weighted by molar-refractivity contribution is 7.94. The molecule has 4 rings (SSSR count). The average Bonchev–Trinajstić information content (AvgIpc) is 3.15. The Hall–Kier alpha value is -4.16. The smallest absolute Gasteiger partial charge is 0.397 e. The second-order valence-corrected chi connectivity index (χ2v) is 18.6. The Labute approximate surface area is 336 Å². The summed E-state index contributed by atoms with van der Waals surface area (Å²) in [4.78, 5) is -1.87. The molecule has 0 unspecified atom stereocenters. The summed E-state index contributed by atoms with van der Waals surface area (Å²) in [6.07, 6.45) is 0. The fourth-order valence-electron chi connectivity index (χ4n) is 4.61. The predicted molar refractivity (Wildman–Crippen MR) is 198 cm³/mol. The number of nitrogen functional groups attached to an aromatic ring is 1. The van der Waals surface area contributed by atoms with Gasteiger partial charge in [-0.25, -0.2) is 31.5 Å². The van der Waals surface area contributed by atoms with Crippen LogP contribution in [0.1, 0.15) is 0 Å². The van der Waals surface area contributed by atoms with Crippen LogP contribution in [-0.2, 0) is 67.3 Å². The molecule has 0 saturated carbocycles. The lowest BCUT2D eigenvalue weighted by Crippen LogP contribution is -2.15. The number of benzene rings is 4. The number of phenolic OH excluding ortho intramolecular Hbond substituents is 1. The zero-order valence-electron chi connectivity index (χ0n) is 28.7. The second kappa shape index (κ2) is 19.7. The van der Waals surface area contributed by atoms with Crippen LogP contribution in [0.2, 0.25) is 0 Å². The maximum absolute atomic E-state index is 12.9. The maximum Gasteiger partial charge on any atom is 0.397 e. The number of phenols is 1. The number of anilines is 1. The third kappa shape index (κ3) is 12.2. The van der Waals surface area contributed by atoms with Crippen molar-refractivity contribution in [1.29, 1.82) is 0 Å². The van der Waals surface area contributed by atoms with E-state index in [0.29, 0.717) is 0 Å². The van der Waals surface area contributed by atoms with Crippen LogP contribution < -0.4 is 10.5 Å². The third-order valence-corrected chi connectivity index (χ3v) is 12.8. The minimum Gasteiger partial charge on any atom is -0.505 e. The van der Waals surface area contributed by atoms with E-state index in [4.69, 9.17) is 29.7 Å². The lowest BCUT2D eigenvalue weighted by atomic mass is 10.1. The number of sulfone groups is 2. The van der Waals surface area contributed by atoms with E-state index >= 15 is 0 Å². The van der Waals surface area contributed by atoms with Crippen molar-refractivity contribution in [3.8, 4) is 11.5 Å². The molecule has 0 saturated heterocycles. The Morgan fingerprint density at radius 3 is 2.05 bits per heavy atom. The third-order valence-electron chi connectivity index (χ3n) is 7.08. The van der Waals surface area contributed by atoms with Crippen molar-refractivity contribution in [3.05, 3.63) is 54.6 Å². The molecular weight excluding hydrogens is 907 g/mol. The minimum absolute atomic E-state index is 0.00395. The number of ether oxygens (including phenoxy) is 1. The molecule has 0 aliphatic rings. The molecule has 7 N–H and O–H groups in total. The Morgan fingerprint density at radius 1 is 0.759 bits per heavy atom. The van der Waals surface area contributed by atoms with Crippen molar-refractivity contribution in [2.75, 3.05) is 37.6 Å². The van der Waals surface area contributed by atoms with Gasteiger partial charge in [0.15, 0.2) is 37.7 Å². The Kier molecular flexibility index (Phi) is 15.8. The van der Waals surface area contributed by atoms with Crippen LogP contribution in [0.15, 0.2) is 94.6 Å². The summed E-state index contributed by atoms with van der Waals surface area (Å²) in [5, 5.41) is 50.5. The Bertz CT molecular complexity index is 2660. The Balaban J connectivity index is 1.82. The van der Waals surface area contributed by atoms with Crippen LogP contribution in [0.4, 0.5) is 28.4 Å². The van der Waals surface area contributed by atoms with E-state index in [1.54, 1.807) is 0 Å². The molecule has 0 aliphatic heterocycles. The number of hydrogen-bond acceptors (Lipinski definition) is 25. The van der Waals surface area contributed by atoms with Crippen LogP contribution in [0.25, 0.3) is 10.8 Å². The summed E-state index contributed by atoms with van der Waals surface area (Å²) in [6.45, 7) is -1.34. The fourth-order valence-corrected chi connectivity index (χ4v) is 8.73. The number of aromatic hydroxyl groups is 1. The SMILES string of the molecule is COc1ccc(S(=O)(=O)CCOSOOO)cc1N=Nc1c(SOOO)cc2cc(S(=O)(=O)O)c(N=Nc3cccc(S(=O)(=O)CCOS(=O)(=O)O)c3)c(N)c2c1O. The second-order valence-electron chi connectivity index (χ2n) is 10.7. The monoisotopic (exact) mass is 933 g/mol. The summed E-state index contributed by atoms with van der Waals surface area (Å²) in [7, 11) is -17.1. The summed E-state index contributed by atoms with van der Waals surface area (Å²) in [5.41, 5.74) is 4.00. The van der Waals surface area contributed by atoms with Gasteiger partial charge in [0.05, 0.1) is 75.3 Å². The minimum atomic E-state index is -5.17. The van der Waals surface area contributed by atoms with E-state index in [2.05, 4.69) is 43.4 Å². The van der Waals surface area contributed by atoms with Crippen LogP contribution in [0, 0.1) is 0 Å². The number of nitrogens with zero attached hydrogens (tertiary/aromatic N) is 4. The summed E-state index contributed by atoms with van der Waals surface area (Å²) < 4.78 is 139. The number of nitrogens with two attached hydrogens (primary N) is 1. The molecule has 0 atom stereocenters. The normalized spacial score (nSPS) is 12.9. The van der Waals surface area contributed by atoms with Gasteiger partial charge in [0.2, 0.25) is 0 Å². The van der Waals surface area contributed by atoms with Crippen molar-refractivity contribution in [2.45, 2.75) is 19.6 Å². The zero-order chi connectivity index (χ0) is 42.9. The topological polar surface area (TPSA) is 378 Å². The highest BCUT2D eigenvalue weighted by Gasteiger charge is 2.26. The van der Waals surface area contributed by atoms with Gasteiger partial charge in [0.1, 0.15) is 27.7 Å². The van der Waals surface area contributed by atoms with Gasteiger partial charge in [-0.15, -0.1) is 24.0 Å². The van der Waals surface area contributed by atoms with Gasteiger partial charge < -0.3 is 15.6 Å². The van der Waals surface area contributed by atoms with Crippen LogP contribution in [0.3, 0.4) is 0 Å². The highest BCUT2D eigenvalue weighted by Crippen LogP contribution is 2.50. The predicted octanol–water partition coefficient (Wildman–Crippen LogP) is 5.01. The van der Waals surface area contributed by atoms with E-state index in [-0.39, 0.29) is 62.1 Å². The molecule has 58 heavy (non-hydrogen) atoms. The van der Waals surface area contributed by atoms with Crippen molar-refractivity contribution in [3.63, 3.8) is 0 Å². The first-order valence-electron chi connectivity index (χ1n) is 14.9. The van der Waals surface area contributed by atoms with Crippen molar-refractivity contribution in [2.24, 2.45) is 20.5 Å². The lowest BCUT2D eigenvalue weighted by Gasteiger charge is -2.14. The molecule has 0 heterocycles. The molecule has 0 fully saturated rings. The molecule has 4 aromatic rings. The number of hydrogen-bond donors (Lipinski definition) is 6. The molecule has 0 bridgehead atoms. The van der Waals surface area contributed by atoms with Crippen LogP contribution >= 0.6 is 24.4 Å². The van der Waals surface area contributed by atoms with E-state index in [0.717, 1.165) is 30.3 Å².